The van der Waals surface area contributed by atoms with Crippen molar-refractivity contribution < 1.29 is 9.28 Å². The number of quaternary nitrogens is 1. The smallest absolute Gasteiger partial charge is 0.144 e. The van der Waals surface area contributed by atoms with E-state index in [1.807, 2.05) is 0 Å². The maximum atomic E-state index is 11.1. The van der Waals surface area contributed by atoms with E-state index in [0.29, 0.717) is 5.78 Å². The number of carbonyl (C=O) groups excluding carboxylic acids is 1. The number of ketones is 1. The van der Waals surface area contributed by atoms with Crippen molar-refractivity contribution in [3.63, 3.8) is 0 Å². The molecule has 1 saturated heterocycles. The van der Waals surface area contributed by atoms with Crippen molar-refractivity contribution >= 4 is 5.78 Å². The van der Waals surface area contributed by atoms with Gasteiger partial charge in [0.1, 0.15) is 5.78 Å². The van der Waals surface area contributed by atoms with Crippen LogP contribution in [0.3, 0.4) is 0 Å². The van der Waals surface area contributed by atoms with Crippen molar-refractivity contribution in [2.75, 3.05) is 26.2 Å². The van der Waals surface area contributed by atoms with Gasteiger partial charge in [-0.3, -0.25) is 4.79 Å². The maximum absolute atomic E-state index is 11.1. The fraction of sp³-hybridized carbons (Fsp3) is 0.909. The second kappa shape index (κ2) is 4.75. The van der Waals surface area contributed by atoms with Crippen LogP contribution in [0.15, 0.2) is 0 Å². The molecule has 2 heteroatoms. The standard InChI is InChI=1S/C11H22NO/c1-3-7-12(8-4-2)9-5-11(13)6-10-12/h3-10H2,1-2H3/q+1. The Bertz CT molecular complexity index is 159. The molecule has 1 aliphatic rings. The van der Waals surface area contributed by atoms with Crippen molar-refractivity contribution in [1.82, 2.24) is 0 Å². The molecule has 0 N–H and O–H groups in total. The molecule has 0 spiro atoms. The van der Waals surface area contributed by atoms with Crippen LogP contribution in [0.25, 0.3) is 0 Å². The molecule has 0 amide bonds. The molecule has 0 aromatic heterocycles. The van der Waals surface area contributed by atoms with Crippen LogP contribution in [0.1, 0.15) is 39.5 Å². The van der Waals surface area contributed by atoms with E-state index in [2.05, 4.69) is 13.8 Å². The van der Waals surface area contributed by atoms with Crippen molar-refractivity contribution in [1.29, 1.82) is 0 Å². The third-order valence-electron chi connectivity index (χ3n) is 3.13. The highest BCUT2D eigenvalue weighted by Crippen LogP contribution is 2.18. The van der Waals surface area contributed by atoms with Gasteiger partial charge in [0, 0.05) is 0 Å². The lowest BCUT2D eigenvalue weighted by atomic mass is 10.1. The van der Waals surface area contributed by atoms with Crippen LogP contribution in [0.4, 0.5) is 0 Å². The molecular weight excluding hydrogens is 162 g/mol. The Balaban J connectivity index is 2.51. The fourth-order valence-electron chi connectivity index (χ4n) is 2.47. The zero-order valence-corrected chi connectivity index (χ0v) is 9.01. The highest BCUT2D eigenvalue weighted by atomic mass is 16.1. The Hall–Kier alpha value is -0.370. The molecule has 1 rings (SSSR count). The fourth-order valence-corrected chi connectivity index (χ4v) is 2.47. The molecule has 76 valence electrons. The minimum Gasteiger partial charge on any atom is -0.323 e. The SMILES string of the molecule is CCC[N+]1(CCC)CCC(=O)CC1. The second-order valence-corrected chi connectivity index (χ2v) is 4.27. The van der Waals surface area contributed by atoms with E-state index in [0.717, 1.165) is 25.9 Å². The van der Waals surface area contributed by atoms with Crippen LogP contribution in [0.5, 0.6) is 0 Å². The first-order valence-electron chi connectivity index (χ1n) is 5.59. The van der Waals surface area contributed by atoms with Crippen LogP contribution in [0, 0.1) is 0 Å². The lowest BCUT2D eigenvalue weighted by Crippen LogP contribution is -2.54. The summed E-state index contributed by atoms with van der Waals surface area (Å²) in [6.45, 7) is 9.21. The van der Waals surface area contributed by atoms with Gasteiger partial charge in [-0.25, -0.2) is 0 Å². The number of Topliss-reactive ketones (excluding diaryl/α,β-unsaturated/α-hetero) is 1. The molecule has 0 unspecified atom stereocenters. The summed E-state index contributed by atoms with van der Waals surface area (Å²) in [4.78, 5) is 11.1. The van der Waals surface area contributed by atoms with Crippen LogP contribution in [-0.2, 0) is 4.79 Å². The molecule has 0 bridgehead atoms. The number of nitrogens with zero attached hydrogens (tertiary/aromatic N) is 1. The summed E-state index contributed by atoms with van der Waals surface area (Å²) in [5.74, 6) is 0.473. The Morgan fingerprint density at radius 2 is 1.54 bits per heavy atom. The van der Waals surface area contributed by atoms with Gasteiger partial charge in [0.05, 0.1) is 39.0 Å². The zero-order valence-electron chi connectivity index (χ0n) is 9.01. The van der Waals surface area contributed by atoms with E-state index in [9.17, 15) is 4.79 Å². The van der Waals surface area contributed by atoms with E-state index in [1.165, 1.54) is 30.4 Å². The zero-order chi connectivity index (χ0) is 9.73. The molecule has 13 heavy (non-hydrogen) atoms. The molecule has 0 aromatic rings. The van der Waals surface area contributed by atoms with Gasteiger partial charge >= 0.3 is 0 Å². The Morgan fingerprint density at radius 3 is 1.92 bits per heavy atom. The lowest BCUT2D eigenvalue weighted by molar-refractivity contribution is -0.929. The number of hydrogen-bond donors (Lipinski definition) is 0. The molecule has 1 heterocycles. The predicted octanol–water partition coefficient (Wildman–Crippen LogP) is 1.99. The van der Waals surface area contributed by atoms with E-state index in [4.69, 9.17) is 0 Å². The monoisotopic (exact) mass is 184 g/mol. The van der Waals surface area contributed by atoms with Gasteiger partial charge in [-0.2, -0.15) is 0 Å². The van der Waals surface area contributed by atoms with Crippen LogP contribution < -0.4 is 0 Å². The number of likely N-dealkylation sites (tertiary alicyclic amines) is 1. The molecule has 0 radical (unpaired) electrons. The average molecular weight is 184 g/mol. The summed E-state index contributed by atoms with van der Waals surface area (Å²) < 4.78 is 1.21. The molecule has 0 aliphatic carbocycles. The van der Waals surface area contributed by atoms with Gasteiger partial charge in [0.25, 0.3) is 0 Å². The number of rotatable bonds is 4. The highest BCUT2D eigenvalue weighted by Gasteiger charge is 2.30. The van der Waals surface area contributed by atoms with Crippen LogP contribution in [0.2, 0.25) is 0 Å². The third kappa shape index (κ3) is 2.80. The minimum absolute atomic E-state index is 0.473. The molecule has 1 fully saturated rings. The van der Waals surface area contributed by atoms with Crippen molar-refractivity contribution in [2.24, 2.45) is 0 Å². The molecule has 0 saturated carbocycles. The van der Waals surface area contributed by atoms with Crippen molar-refractivity contribution in [2.45, 2.75) is 39.5 Å². The van der Waals surface area contributed by atoms with Gasteiger partial charge in [0.15, 0.2) is 0 Å². The maximum Gasteiger partial charge on any atom is 0.144 e. The first kappa shape index (κ1) is 10.7. The Labute approximate surface area is 81.5 Å². The predicted molar refractivity (Wildman–Crippen MR) is 54.6 cm³/mol. The summed E-state index contributed by atoms with van der Waals surface area (Å²) in [6.07, 6.45) is 4.13. The van der Waals surface area contributed by atoms with Crippen LogP contribution >= 0.6 is 0 Å². The summed E-state index contributed by atoms with van der Waals surface area (Å²) in [7, 11) is 0. The first-order chi connectivity index (χ1) is 6.22. The second-order valence-electron chi connectivity index (χ2n) is 4.27. The van der Waals surface area contributed by atoms with E-state index < -0.39 is 0 Å². The van der Waals surface area contributed by atoms with Gasteiger partial charge in [-0.05, 0) is 12.8 Å². The Morgan fingerprint density at radius 1 is 1.08 bits per heavy atom. The molecule has 2 nitrogen and oxygen atoms in total. The first-order valence-corrected chi connectivity index (χ1v) is 5.59. The average Bonchev–Trinajstić information content (AvgIpc) is 2.11. The summed E-state index contributed by atoms with van der Waals surface area (Å²) in [6, 6.07) is 0. The molecular formula is C11H22NO+. The van der Waals surface area contributed by atoms with Crippen molar-refractivity contribution in [3.8, 4) is 0 Å². The number of hydrogen-bond acceptors (Lipinski definition) is 1. The summed E-state index contributed by atoms with van der Waals surface area (Å²) >= 11 is 0. The lowest BCUT2D eigenvalue weighted by Gasteiger charge is -2.40. The van der Waals surface area contributed by atoms with Gasteiger partial charge in [-0.1, -0.05) is 13.8 Å². The van der Waals surface area contributed by atoms with E-state index >= 15 is 0 Å². The summed E-state index contributed by atoms with van der Waals surface area (Å²) in [5.41, 5.74) is 0. The van der Waals surface area contributed by atoms with Gasteiger partial charge in [0.2, 0.25) is 0 Å². The van der Waals surface area contributed by atoms with Crippen molar-refractivity contribution in [3.05, 3.63) is 0 Å². The quantitative estimate of drug-likeness (QED) is 0.611. The topological polar surface area (TPSA) is 17.1 Å². The third-order valence-corrected chi connectivity index (χ3v) is 3.13. The molecule has 0 aromatic carbocycles. The van der Waals surface area contributed by atoms with Gasteiger partial charge in [-0.15, -0.1) is 0 Å². The van der Waals surface area contributed by atoms with Gasteiger partial charge < -0.3 is 4.48 Å². The highest BCUT2D eigenvalue weighted by molar-refractivity contribution is 5.78. The number of piperidine rings is 1. The normalized spacial score (nSPS) is 21.8. The molecule has 1 aliphatic heterocycles. The summed E-state index contributed by atoms with van der Waals surface area (Å²) in [5, 5.41) is 0. The minimum atomic E-state index is 0.473. The Kier molecular flexibility index (Phi) is 3.91. The number of carbonyl (C=O) groups is 1. The van der Waals surface area contributed by atoms with E-state index in [1.54, 1.807) is 0 Å². The van der Waals surface area contributed by atoms with Crippen LogP contribution in [-0.4, -0.2) is 36.4 Å². The molecule has 0 atom stereocenters. The van der Waals surface area contributed by atoms with E-state index in [-0.39, 0.29) is 0 Å². The largest absolute Gasteiger partial charge is 0.323 e.